The van der Waals surface area contributed by atoms with Crippen molar-refractivity contribution in [3.05, 3.63) is 18.3 Å². The van der Waals surface area contributed by atoms with Crippen LogP contribution in [-0.4, -0.2) is 49.8 Å². The van der Waals surface area contributed by atoms with Crippen LogP contribution in [0.5, 0.6) is 0 Å². The van der Waals surface area contributed by atoms with Crippen molar-refractivity contribution in [1.82, 2.24) is 10.3 Å². The Labute approximate surface area is 142 Å². The Morgan fingerprint density at radius 2 is 2.09 bits per heavy atom. The maximum atomic E-state index is 12.0. The van der Waals surface area contributed by atoms with Gasteiger partial charge in [-0.05, 0) is 25.0 Å². The molecule has 2 saturated heterocycles. The number of halogens is 2. The minimum Gasteiger partial charge on any atom is -0.366 e. The number of nitrogens with zero attached hydrogens (tertiary/aromatic N) is 2. The number of hydrogen-bond acceptors (Lipinski definition) is 5. The van der Waals surface area contributed by atoms with Crippen molar-refractivity contribution in [3.8, 4) is 0 Å². The van der Waals surface area contributed by atoms with Crippen LogP contribution >= 0.6 is 24.8 Å². The average Bonchev–Trinajstić information content (AvgIpc) is 3.03. The Morgan fingerprint density at radius 3 is 2.68 bits per heavy atom. The number of hydrogen-bond donors (Lipinski definition) is 2. The zero-order valence-electron chi connectivity index (χ0n) is 12.3. The first kappa shape index (κ1) is 19.0. The summed E-state index contributed by atoms with van der Waals surface area (Å²) in [6, 6.07) is 3.86. The zero-order valence-corrected chi connectivity index (χ0v) is 13.9. The summed E-state index contributed by atoms with van der Waals surface area (Å²) >= 11 is 0. The van der Waals surface area contributed by atoms with Gasteiger partial charge in [0.2, 0.25) is 0 Å². The molecule has 0 aromatic carbocycles. The third kappa shape index (κ3) is 4.71. The molecule has 1 aromatic rings. The van der Waals surface area contributed by atoms with Crippen molar-refractivity contribution < 1.29 is 9.53 Å². The molecule has 2 aliphatic rings. The van der Waals surface area contributed by atoms with E-state index < -0.39 is 6.10 Å². The molecule has 2 aliphatic heterocycles. The molecule has 1 unspecified atom stereocenters. The van der Waals surface area contributed by atoms with Gasteiger partial charge >= 0.3 is 0 Å². The Balaban J connectivity index is 0.00000121. The number of aromatic nitrogens is 1. The van der Waals surface area contributed by atoms with E-state index in [1.54, 1.807) is 6.20 Å². The number of nitrogens with one attached hydrogen (secondary N) is 2. The predicted molar refractivity (Wildman–Crippen MR) is 91.4 cm³/mol. The van der Waals surface area contributed by atoms with Gasteiger partial charge in [0.1, 0.15) is 11.9 Å². The molecular formula is C14H22Cl2N4O2. The van der Waals surface area contributed by atoms with Crippen LogP contribution in [-0.2, 0) is 9.53 Å². The lowest BCUT2D eigenvalue weighted by Crippen LogP contribution is -2.45. The molecule has 22 heavy (non-hydrogen) atoms. The summed E-state index contributed by atoms with van der Waals surface area (Å²) in [5, 5.41) is 5.98. The smallest absolute Gasteiger partial charge is 0.254 e. The first-order chi connectivity index (χ1) is 9.83. The van der Waals surface area contributed by atoms with Gasteiger partial charge in [-0.2, -0.15) is 0 Å². The van der Waals surface area contributed by atoms with E-state index in [-0.39, 0.29) is 30.7 Å². The normalized spacial score (nSPS) is 20.7. The molecule has 0 radical (unpaired) electrons. The summed E-state index contributed by atoms with van der Waals surface area (Å²) in [5.41, 5.74) is 0.715. The van der Waals surface area contributed by atoms with Crippen LogP contribution in [0.1, 0.15) is 12.8 Å². The number of carbonyl (C=O) groups is 1. The number of amides is 1. The molecule has 3 heterocycles. The van der Waals surface area contributed by atoms with Crippen molar-refractivity contribution in [2.75, 3.05) is 43.0 Å². The van der Waals surface area contributed by atoms with Crippen LogP contribution in [0, 0.1) is 0 Å². The Kier molecular flexibility index (Phi) is 7.89. The Morgan fingerprint density at radius 1 is 1.32 bits per heavy atom. The third-order valence-electron chi connectivity index (χ3n) is 3.67. The van der Waals surface area contributed by atoms with Crippen LogP contribution in [0.4, 0.5) is 11.5 Å². The number of carbonyl (C=O) groups excluding carboxylic acids is 1. The summed E-state index contributed by atoms with van der Waals surface area (Å²) < 4.78 is 5.41. The molecule has 0 saturated carbocycles. The van der Waals surface area contributed by atoms with Crippen LogP contribution in [0.25, 0.3) is 0 Å². The van der Waals surface area contributed by atoms with Crippen molar-refractivity contribution in [2.45, 2.75) is 18.9 Å². The topological polar surface area (TPSA) is 66.5 Å². The van der Waals surface area contributed by atoms with Gasteiger partial charge in [-0.25, -0.2) is 4.98 Å². The monoisotopic (exact) mass is 348 g/mol. The van der Waals surface area contributed by atoms with Crippen LogP contribution in [0.15, 0.2) is 18.3 Å². The van der Waals surface area contributed by atoms with E-state index in [0.717, 1.165) is 25.5 Å². The highest BCUT2D eigenvalue weighted by molar-refractivity contribution is 5.94. The number of pyridine rings is 1. The molecule has 1 atom stereocenters. The highest BCUT2D eigenvalue weighted by atomic mass is 35.5. The molecule has 1 aromatic heterocycles. The summed E-state index contributed by atoms with van der Waals surface area (Å²) in [6.45, 7) is 4.08. The highest BCUT2D eigenvalue weighted by Crippen LogP contribution is 2.19. The summed E-state index contributed by atoms with van der Waals surface area (Å²) in [4.78, 5) is 18.7. The lowest BCUT2D eigenvalue weighted by molar-refractivity contribution is -0.128. The number of morpholine rings is 1. The maximum absolute atomic E-state index is 12.0. The fourth-order valence-corrected chi connectivity index (χ4v) is 2.55. The van der Waals surface area contributed by atoms with Gasteiger partial charge in [-0.3, -0.25) is 4.79 Å². The SMILES string of the molecule is Cl.Cl.O=C(Nc1ccc(N2CCCC2)nc1)C1CNCCO1. The van der Waals surface area contributed by atoms with Gasteiger partial charge in [0.05, 0.1) is 18.5 Å². The average molecular weight is 349 g/mol. The molecular weight excluding hydrogens is 327 g/mol. The number of ether oxygens (including phenoxy) is 1. The molecule has 2 N–H and O–H groups in total. The third-order valence-corrected chi connectivity index (χ3v) is 3.67. The molecule has 2 fully saturated rings. The summed E-state index contributed by atoms with van der Waals surface area (Å²) in [7, 11) is 0. The lowest BCUT2D eigenvalue weighted by atomic mass is 10.2. The largest absolute Gasteiger partial charge is 0.366 e. The van der Waals surface area contributed by atoms with Crippen molar-refractivity contribution >= 4 is 42.2 Å². The van der Waals surface area contributed by atoms with E-state index in [1.165, 1.54) is 12.8 Å². The predicted octanol–water partition coefficient (Wildman–Crippen LogP) is 1.45. The molecule has 0 bridgehead atoms. The standard InChI is InChI=1S/C14H20N4O2.2ClH/c19-14(12-10-15-5-8-20-12)17-11-3-4-13(16-9-11)18-6-1-2-7-18;;/h3-4,9,12,15H,1-2,5-8,10H2,(H,17,19);2*1H. The summed E-state index contributed by atoms with van der Waals surface area (Å²) in [6.07, 6.45) is 3.75. The van der Waals surface area contributed by atoms with Crippen LogP contribution in [0.3, 0.4) is 0 Å². The number of anilines is 2. The molecule has 6 nitrogen and oxygen atoms in total. The van der Waals surface area contributed by atoms with E-state index in [0.29, 0.717) is 18.8 Å². The first-order valence-corrected chi connectivity index (χ1v) is 7.17. The second kappa shape index (κ2) is 9.15. The Hall–Kier alpha value is -1.08. The van der Waals surface area contributed by atoms with Gasteiger partial charge in [0, 0.05) is 26.2 Å². The minimum atomic E-state index is -0.415. The van der Waals surface area contributed by atoms with Gasteiger partial charge in [-0.15, -0.1) is 24.8 Å². The zero-order chi connectivity index (χ0) is 13.8. The van der Waals surface area contributed by atoms with Gasteiger partial charge in [0.15, 0.2) is 0 Å². The quantitative estimate of drug-likeness (QED) is 0.865. The second-order valence-electron chi connectivity index (χ2n) is 5.15. The van der Waals surface area contributed by atoms with Gasteiger partial charge in [0.25, 0.3) is 5.91 Å². The molecule has 124 valence electrons. The molecule has 1 amide bonds. The molecule has 0 spiro atoms. The van der Waals surface area contributed by atoms with E-state index in [2.05, 4.69) is 20.5 Å². The second-order valence-corrected chi connectivity index (χ2v) is 5.15. The fraction of sp³-hybridized carbons (Fsp3) is 0.571. The minimum absolute atomic E-state index is 0. The lowest BCUT2D eigenvalue weighted by Gasteiger charge is -2.22. The van der Waals surface area contributed by atoms with E-state index in [4.69, 9.17) is 4.74 Å². The van der Waals surface area contributed by atoms with Crippen molar-refractivity contribution in [1.29, 1.82) is 0 Å². The van der Waals surface area contributed by atoms with Gasteiger partial charge < -0.3 is 20.3 Å². The maximum Gasteiger partial charge on any atom is 0.254 e. The first-order valence-electron chi connectivity index (χ1n) is 7.17. The molecule has 8 heteroatoms. The van der Waals surface area contributed by atoms with E-state index in [9.17, 15) is 4.79 Å². The van der Waals surface area contributed by atoms with Crippen molar-refractivity contribution in [3.63, 3.8) is 0 Å². The fourth-order valence-electron chi connectivity index (χ4n) is 2.55. The molecule has 3 rings (SSSR count). The highest BCUT2D eigenvalue weighted by Gasteiger charge is 2.22. The van der Waals surface area contributed by atoms with E-state index in [1.807, 2.05) is 12.1 Å². The number of rotatable bonds is 3. The summed E-state index contributed by atoms with van der Waals surface area (Å²) in [5.74, 6) is 0.865. The van der Waals surface area contributed by atoms with E-state index >= 15 is 0 Å². The molecule has 0 aliphatic carbocycles. The van der Waals surface area contributed by atoms with Crippen LogP contribution in [0.2, 0.25) is 0 Å². The van der Waals surface area contributed by atoms with Crippen molar-refractivity contribution in [2.24, 2.45) is 0 Å². The Bertz CT molecular complexity index is 460. The van der Waals surface area contributed by atoms with Crippen LogP contribution < -0.4 is 15.5 Å². The van der Waals surface area contributed by atoms with Gasteiger partial charge in [-0.1, -0.05) is 0 Å².